The van der Waals surface area contributed by atoms with Gasteiger partial charge in [0.1, 0.15) is 0 Å². The lowest BCUT2D eigenvalue weighted by atomic mass is 9.94. The quantitative estimate of drug-likeness (QED) is 0.758. The van der Waals surface area contributed by atoms with Crippen LogP contribution < -0.4 is 5.73 Å². The van der Waals surface area contributed by atoms with Crippen molar-refractivity contribution < 1.29 is 4.79 Å². The standard InChI is InChI=1S/C10H18N4O/c1-4-7(2)10(11)9(15)5-8-6-14(3)13-12-8/h6-7,10H,4-5,11H2,1-3H3. The Morgan fingerprint density at radius 1 is 1.67 bits per heavy atom. The average molecular weight is 210 g/mol. The van der Waals surface area contributed by atoms with Gasteiger partial charge in [0.05, 0.1) is 18.2 Å². The van der Waals surface area contributed by atoms with Crippen molar-refractivity contribution >= 4 is 5.78 Å². The summed E-state index contributed by atoms with van der Waals surface area (Å²) in [5.41, 5.74) is 6.50. The Balaban J connectivity index is 2.55. The van der Waals surface area contributed by atoms with Crippen LogP contribution in [0.15, 0.2) is 6.20 Å². The zero-order valence-corrected chi connectivity index (χ0v) is 9.47. The van der Waals surface area contributed by atoms with E-state index in [1.807, 2.05) is 13.8 Å². The first-order chi connectivity index (χ1) is 7.04. The van der Waals surface area contributed by atoms with Gasteiger partial charge in [-0.3, -0.25) is 9.48 Å². The predicted octanol–water partition coefficient (Wildman–Crippen LogP) is 0.300. The summed E-state index contributed by atoms with van der Waals surface area (Å²) < 4.78 is 1.58. The van der Waals surface area contributed by atoms with E-state index in [0.29, 0.717) is 5.69 Å². The molecule has 0 aliphatic carbocycles. The second-order valence-corrected chi connectivity index (χ2v) is 3.94. The molecule has 1 aromatic heterocycles. The van der Waals surface area contributed by atoms with Crippen molar-refractivity contribution in [1.29, 1.82) is 0 Å². The highest BCUT2D eigenvalue weighted by Gasteiger charge is 2.20. The fraction of sp³-hybridized carbons (Fsp3) is 0.700. The normalized spacial score (nSPS) is 14.9. The zero-order chi connectivity index (χ0) is 11.4. The molecular formula is C10H18N4O. The van der Waals surface area contributed by atoms with Crippen molar-refractivity contribution in [3.05, 3.63) is 11.9 Å². The lowest BCUT2D eigenvalue weighted by Gasteiger charge is -2.15. The lowest BCUT2D eigenvalue weighted by Crippen LogP contribution is -2.37. The smallest absolute Gasteiger partial charge is 0.155 e. The first-order valence-corrected chi connectivity index (χ1v) is 5.18. The van der Waals surface area contributed by atoms with Crippen LogP contribution in [0.5, 0.6) is 0 Å². The van der Waals surface area contributed by atoms with Gasteiger partial charge in [-0.15, -0.1) is 5.10 Å². The summed E-state index contributed by atoms with van der Waals surface area (Å²) in [6.45, 7) is 4.01. The van der Waals surface area contributed by atoms with E-state index in [1.54, 1.807) is 17.9 Å². The molecule has 0 fully saturated rings. The van der Waals surface area contributed by atoms with Crippen LogP contribution in [-0.4, -0.2) is 26.8 Å². The van der Waals surface area contributed by atoms with Crippen molar-refractivity contribution in [3.8, 4) is 0 Å². The summed E-state index contributed by atoms with van der Waals surface area (Å²) in [6, 6.07) is -0.392. The Hall–Kier alpha value is -1.23. The molecule has 5 heteroatoms. The zero-order valence-electron chi connectivity index (χ0n) is 9.47. The van der Waals surface area contributed by atoms with Gasteiger partial charge in [0.15, 0.2) is 5.78 Å². The Bertz CT molecular complexity index is 334. The van der Waals surface area contributed by atoms with Crippen LogP contribution in [0, 0.1) is 5.92 Å². The Morgan fingerprint density at radius 2 is 2.33 bits per heavy atom. The monoisotopic (exact) mass is 210 g/mol. The van der Waals surface area contributed by atoms with Gasteiger partial charge in [0.2, 0.25) is 0 Å². The maximum Gasteiger partial charge on any atom is 0.155 e. The summed E-state index contributed by atoms with van der Waals surface area (Å²) in [6.07, 6.45) is 2.92. The number of carbonyl (C=O) groups is 1. The first-order valence-electron chi connectivity index (χ1n) is 5.18. The number of hydrogen-bond acceptors (Lipinski definition) is 4. The SMILES string of the molecule is CCC(C)C(N)C(=O)Cc1cn(C)nn1. The molecule has 5 nitrogen and oxygen atoms in total. The average Bonchev–Trinajstić information content (AvgIpc) is 2.61. The van der Waals surface area contributed by atoms with E-state index >= 15 is 0 Å². The minimum atomic E-state index is -0.392. The molecule has 1 rings (SSSR count). The molecule has 84 valence electrons. The number of rotatable bonds is 5. The topological polar surface area (TPSA) is 73.8 Å². The number of aryl methyl sites for hydroxylation is 1. The van der Waals surface area contributed by atoms with Crippen LogP contribution in [-0.2, 0) is 18.3 Å². The molecule has 0 aliphatic rings. The maximum atomic E-state index is 11.7. The van der Waals surface area contributed by atoms with Crippen molar-refractivity contribution in [2.24, 2.45) is 18.7 Å². The fourth-order valence-electron chi connectivity index (χ4n) is 1.34. The molecule has 1 heterocycles. The third-order valence-electron chi connectivity index (χ3n) is 2.63. The summed E-state index contributed by atoms with van der Waals surface area (Å²) in [5.74, 6) is 0.249. The van der Waals surface area contributed by atoms with E-state index in [1.165, 1.54) is 0 Å². The Morgan fingerprint density at radius 3 is 2.80 bits per heavy atom. The molecule has 0 aliphatic heterocycles. The van der Waals surface area contributed by atoms with Crippen molar-refractivity contribution in [1.82, 2.24) is 15.0 Å². The summed E-state index contributed by atoms with van der Waals surface area (Å²) >= 11 is 0. The van der Waals surface area contributed by atoms with Gasteiger partial charge in [0.25, 0.3) is 0 Å². The van der Waals surface area contributed by atoms with Gasteiger partial charge in [-0.1, -0.05) is 25.5 Å². The van der Waals surface area contributed by atoms with E-state index in [4.69, 9.17) is 5.73 Å². The molecule has 2 atom stereocenters. The van der Waals surface area contributed by atoms with Crippen LogP contribution in [0.3, 0.4) is 0 Å². The highest BCUT2D eigenvalue weighted by atomic mass is 16.1. The van der Waals surface area contributed by atoms with Crippen molar-refractivity contribution in [2.45, 2.75) is 32.7 Å². The number of carbonyl (C=O) groups excluding carboxylic acids is 1. The Kier molecular flexibility index (Phi) is 3.96. The van der Waals surface area contributed by atoms with E-state index in [9.17, 15) is 4.79 Å². The molecule has 0 spiro atoms. The van der Waals surface area contributed by atoms with E-state index < -0.39 is 6.04 Å². The third-order valence-corrected chi connectivity index (χ3v) is 2.63. The molecule has 2 N–H and O–H groups in total. The first kappa shape index (κ1) is 11.8. The van der Waals surface area contributed by atoms with Crippen LogP contribution in [0.25, 0.3) is 0 Å². The fourth-order valence-corrected chi connectivity index (χ4v) is 1.34. The number of hydrogen-bond donors (Lipinski definition) is 1. The molecular weight excluding hydrogens is 192 g/mol. The molecule has 0 saturated heterocycles. The van der Waals surface area contributed by atoms with Gasteiger partial charge >= 0.3 is 0 Å². The van der Waals surface area contributed by atoms with Crippen LogP contribution in [0.2, 0.25) is 0 Å². The number of Topliss-reactive ketones (excluding diaryl/α,β-unsaturated/α-hetero) is 1. The molecule has 0 saturated carbocycles. The van der Waals surface area contributed by atoms with Crippen molar-refractivity contribution in [3.63, 3.8) is 0 Å². The van der Waals surface area contributed by atoms with Gasteiger partial charge in [-0.25, -0.2) is 0 Å². The van der Waals surface area contributed by atoms with Crippen LogP contribution in [0.1, 0.15) is 26.0 Å². The number of nitrogens with zero attached hydrogens (tertiary/aromatic N) is 3. The van der Waals surface area contributed by atoms with E-state index in [-0.39, 0.29) is 18.1 Å². The highest BCUT2D eigenvalue weighted by molar-refractivity contribution is 5.85. The largest absolute Gasteiger partial charge is 0.321 e. The molecule has 0 aromatic carbocycles. The minimum absolute atomic E-state index is 0.0323. The molecule has 0 amide bonds. The second-order valence-electron chi connectivity index (χ2n) is 3.94. The maximum absolute atomic E-state index is 11.7. The molecule has 0 radical (unpaired) electrons. The highest BCUT2D eigenvalue weighted by Crippen LogP contribution is 2.08. The Labute approximate surface area is 89.6 Å². The molecule has 1 aromatic rings. The molecule has 15 heavy (non-hydrogen) atoms. The predicted molar refractivity (Wildman–Crippen MR) is 57.1 cm³/mol. The summed E-state index contributed by atoms with van der Waals surface area (Å²) in [5, 5.41) is 7.63. The third kappa shape index (κ3) is 3.13. The number of ketones is 1. The number of aromatic nitrogens is 3. The number of nitrogens with two attached hydrogens (primary N) is 1. The van der Waals surface area contributed by atoms with Gasteiger partial charge in [-0.05, 0) is 5.92 Å². The summed E-state index contributed by atoms with van der Waals surface area (Å²) in [4.78, 5) is 11.7. The minimum Gasteiger partial charge on any atom is -0.321 e. The lowest BCUT2D eigenvalue weighted by molar-refractivity contribution is -0.120. The van der Waals surface area contributed by atoms with Gasteiger partial charge in [0, 0.05) is 13.2 Å². The van der Waals surface area contributed by atoms with Gasteiger partial charge < -0.3 is 5.73 Å². The van der Waals surface area contributed by atoms with E-state index in [2.05, 4.69) is 10.3 Å². The second kappa shape index (κ2) is 5.02. The van der Waals surface area contributed by atoms with Gasteiger partial charge in [-0.2, -0.15) is 0 Å². The van der Waals surface area contributed by atoms with E-state index in [0.717, 1.165) is 6.42 Å². The van der Waals surface area contributed by atoms with Crippen LogP contribution >= 0.6 is 0 Å². The molecule has 2 unspecified atom stereocenters. The molecule has 0 bridgehead atoms. The van der Waals surface area contributed by atoms with Crippen LogP contribution in [0.4, 0.5) is 0 Å². The van der Waals surface area contributed by atoms with Crippen molar-refractivity contribution in [2.75, 3.05) is 0 Å². The summed E-state index contributed by atoms with van der Waals surface area (Å²) in [7, 11) is 1.77.